The lowest BCUT2D eigenvalue weighted by Gasteiger charge is -2.13. The number of H-pyrrole nitrogens is 1. The number of hydrogen-bond acceptors (Lipinski definition) is 4. The zero-order valence-electron chi connectivity index (χ0n) is 12.9. The number of aromatic nitrogens is 2. The lowest BCUT2D eigenvalue weighted by atomic mass is 10.1. The van der Waals surface area contributed by atoms with Gasteiger partial charge in [-0.05, 0) is 41.8 Å². The molecule has 5 rings (SSSR count). The molecule has 0 saturated carbocycles. The molecule has 4 aromatic rings. The summed E-state index contributed by atoms with van der Waals surface area (Å²) in [5, 5.41) is 1.99. The summed E-state index contributed by atoms with van der Waals surface area (Å²) >= 11 is 1.60. The van der Waals surface area contributed by atoms with Gasteiger partial charge in [-0.1, -0.05) is 18.2 Å². The Morgan fingerprint density at radius 2 is 1.68 bits per heavy atom. The molecule has 1 aliphatic rings. The minimum absolute atomic E-state index is 0.294. The highest BCUT2D eigenvalue weighted by Crippen LogP contribution is 2.31. The van der Waals surface area contributed by atoms with Crippen LogP contribution in [0.4, 0.5) is 5.69 Å². The summed E-state index contributed by atoms with van der Waals surface area (Å²) in [5.41, 5.74) is 3.01. The average molecular weight is 345 g/mol. The van der Waals surface area contributed by atoms with E-state index in [0.717, 1.165) is 21.7 Å². The highest BCUT2D eigenvalue weighted by molar-refractivity contribution is 7.13. The number of carbonyl (C=O) groups is 2. The Labute approximate surface area is 146 Å². The van der Waals surface area contributed by atoms with Gasteiger partial charge >= 0.3 is 0 Å². The van der Waals surface area contributed by atoms with Gasteiger partial charge in [0.05, 0.1) is 32.7 Å². The Morgan fingerprint density at radius 3 is 2.36 bits per heavy atom. The first kappa shape index (κ1) is 14.1. The SMILES string of the molecule is O=C1c2ccccc2C(=O)N1c1ccc2nc(-c3cccs3)[nH]c2c1. The summed E-state index contributed by atoms with van der Waals surface area (Å²) in [7, 11) is 0. The highest BCUT2D eigenvalue weighted by Gasteiger charge is 2.36. The van der Waals surface area contributed by atoms with E-state index in [1.807, 2.05) is 23.6 Å². The summed E-state index contributed by atoms with van der Waals surface area (Å²) in [6.45, 7) is 0. The molecule has 2 aromatic heterocycles. The normalized spacial score (nSPS) is 13.7. The molecule has 0 aliphatic carbocycles. The quantitative estimate of drug-likeness (QED) is 0.556. The molecular weight excluding hydrogens is 334 g/mol. The van der Waals surface area contributed by atoms with Gasteiger partial charge in [0.15, 0.2) is 0 Å². The molecule has 5 nitrogen and oxygen atoms in total. The molecule has 3 heterocycles. The molecule has 2 amide bonds. The second-order valence-electron chi connectivity index (χ2n) is 5.76. The van der Waals surface area contributed by atoms with Gasteiger partial charge < -0.3 is 4.98 Å². The van der Waals surface area contributed by atoms with Gasteiger partial charge in [-0.2, -0.15) is 0 Å². The fraction of sp³-hybridized carbons (Fsp3) is 0. The van der Waals surface area contributed by atoms with E-state index in [9.17, 15) is 9.59 Å². The van der Waals surface area contributed by atoms with E-state index in [0.29, 0.717) is 16.8 Å². The van der Waals surface area contributed by atoms with Crippen molar-refractivity contribution >= 4 is 39.9 Å². The van der Waals surface area contributed by atoms with Crippen LogP contribution in [0.3, 0.4) is 0 Å². The number of nitrogens with one attached hydrogen (secondary N) is 1. The smallest absolute Gasteiger partial charge is 0.266 e. The molecule has 0 fully saturated rings. The first-order valence-electron chi connectivity index (χ1n) is 7.74. The maximum atomic E-state index is 12.6. The number of carbonyl (C=O) groups excluding carboxylic acids is 2. The Hall–Kier alpha value is -3.25. The molecule has 0 bridgehead atoms. The molecule has 0 radical (unpaired) electrons. The van der Waals surface area contributed by atoms with Crippen LogP contribution in [0, 0.1) is 0 Å². The summed E-state index contributed by atoms with van der Waals surface area (Å²) in [4.78, 5) is 35.3. The van der Waals surface area contributed by atoms with Crippen molar-refractivity contribution in [2.75, 3.05) is 4.90 Å². The largest absolute Gasteiger partial charge is 0.337 e. The van der Waals surface area contributed by atoms with Crippen molar-refractivity contribution in [2.45, 2.75) is 0 Å². The number of anilines is 1. The maximum Gasteiger partial charge on any atom is 0.266 e. The number of thiophene rings is 1. The lowest BCUT2D eigenvalue weighted by molar-refractivity contribution is 0.0926. The zero-order valence-corrected chi connectivity index (χ0v) is 13.7. The second-order valence-corrected chi connectivity index (χ2v) is 6.70. The van der Waals surface area contributed by atoms with Crippen LogP contribution in [-0.2, 0) is 0 Å². The number of benzene rings is 2. The monoisotopic (exact) mass is 345 g/mol. The van der Waals surface area contributed by atoms with E-state index in [1.165, 1.54) is 4.90 Å². The third kappa shape index (κ3) is 2.04. The van der Waals surface area contributed by atoms with Gasteiger partial charge in [-0.3, -0.25) is 9.59 Å². The van der Waals surface area contributed by atoms with Gasteiger partial charge in [0, 0.05) is 0 Å². The molecule has 0 spiro atoms. The van der Waals surface area contributed by atoms with Crippen molar-refractivity contribution in [2.24, 2.45) is 0 Å². The molecule has 1 aliphatic heterocycles. The van der Waals surface area contributed by atoms with Crippen LogP contribution in [0.2, 0.25) is 0 Å². The average Bonchev–Trinajstić information content (AvgIpc) is 3.34. The standard InChI is InChI=1S/C19H11N3O2S/c23-18-12-4-1-2-5-13(12)19(24)22(18)11-7-8-14-15(10-11)21-17(20-14)16-6-3-9-25-16/h1-10H,(H,20,21). The van der Waals surface area contributed by atoms with E-state index in [-0.39, 0.29) is 11.8 Å². The minimum Gasteiger partial charge on any atom is -0.337 e. The van der Waals surface area contributed by atoms with Crippen LogP contribution >= 0.6 is 11.3 Å². The number of rotatable bonds is 2. The van der Waals surface area contributed by atoms with Gasteiger partial charge in [-0.25, -0.2) is 9.88 Å². The van der Waals surface area contributed by atoms with Gasteiger partial charge in [0.25, 0.3) is 11.8 Å². The number of nitrogens with zero attached hydrogens (tertiary/aromatic N) is 2. The molecular formula is C19H11N3O2S. The molecule has 0 unspecified atom stereocenters. The van der Waals surface area contributed by atoms with Crippen molar-refractivity contribution in [3.63, 3.8) is 0 Å². The van der Waals surface area contributed by atoms with E-state index in [2.05, 4.69) is 9.97 Å². The van der Waals surface area contributed by atoms with E-state index in [4.69, 9.17) is 0 Å². The summed E-state index contributed by atoms with van der Waals surface area (Å²) < 4.78 is 0. The van der Waals surface area contributed by atoms with Crippen LogP contribution < -0.4 is 4.90 Å². The Morgan fingerprint density at radius 1 is 0.920 bits per heavy atom. The van der Waals surface area contributed by atoms with Crippen LogP contribution in [0.15, 0.2) is 60.0 Å². The van der Waals surface area contributed by atoms with Crippen molar-refractivity contribution in [3.8, 4) is 10.7 Å². The predicted molar refractivity (Wildman–Crippen MR) is 97.0 cm³/mol. The third-order valence-electron chi connectivity index (χ3n) is 4.27. The second kappa shape index (κ2) is 5.12. The van der Waals surface area contributed by atoms with Gasteiger partial charge in [0.1, 0.15) is 5.82 Å². The highest BCUT2D eigenvalue weighted by atomic mass is 32.1. The van der Waals surface area contributed by atoms with Crippen molar-refractivity contribution in [1.82, 2.24) is 9.97 Å². The lowest BCUT2D eigenvalue weighted by Crippen LogP contribution is -2.29. The van der Waals surface area contributed by atoms with Crippen molar-refractivity contribution in [1.29, 1.82) is 0 Å². The number of aromatic amines is 1. The van der Waals surface area contributed by atoms with Crippen LogP contribution in [0.1, 0.15) is 20.7 Å². The summed E-state index contributed by atoms with van der Waals surface area (Å²) in [5.74, 6) is 0.195. The number of fused-ring (bicyclic) bond motifs is 2. The van der Waals surface area contributed by atoms with Crippen LogP contribution in [-0.4, -0.2) is 21.8 Å². The molecule has 1 N–H and O–H groups in total. The summed E-state index contributed by atoms with van der Waals surface area (Å²) in [6, 6.07) is 16.2. The maximum absolute atomic E-state index is 12.6. The number of imidazole rings is 1. The summed E-state index contributed by atoms with van der Waals surface area (Å²) in [6.07, 6.45) is 0. The topological polar surface area (TPSA) is 66.1 Å². The Kier molecular flexibility index (Phi) is 2.89. The fourth-order valence-corrected chi connectivity index (χ4v) is 3.76. The first-order chi connectivity index (χ1) is 12.2. The van der Waals surface area contributed by atoms with E-state index >= 15 is 0 Å². The molecule has 25 heavy (non-hydrogen) atoms. The molecule has 2 aromatic carbocycles. The van der Waals surface area contributed by atoms with Crippen LogP contribution in [0.5, 0.6) is 0 Å². The van der Waals surface area contributed by atoms with E-state index in [1.54, 1.807) is 47.7 Å². The van der Waals surface area contributed by atoms with E-state index < -0.39 is 0 Å². The van der Waals surface area contributed by atoms with Crippen LogP contribution in [0.25, 0.3) is 21.7 Å². The molecule has 0 atom stereocenters. The Balaban J connectivity index is 1.60. The Bertz CT molecular complexity index is 1110. The fourth-order valence-electron chi connectivity index (χ4n) is 3.09. The number of imide groups is 1. The molecule has 6 heteroatoms. The minimum atomic E-state index is -0.294. The number of hydrogen-bond donors (Lipinski definition) is 1. The van der Waals surface area contributed by atoms with Crippen molar-refractivity contribution < 1.29 is 9.59 Å². The first-order valence-corrected chi connectivity index (χ1v) is 8.62. The van der Waals surface area contributed by atoms with Crippen molar-refractivity contribution in [3.05, 3.63) is 71.1 Å². The van der Waals surface area contributed by atoms with Gasteiger partial charge in [-0.15, -0.1) is 11.3 Å². The van der Waals surface area contributed by atoms with Gasteiger partial charge in [0.2, 0.25) is 0 Å². The molecule has 120 valence electrons. The number of amides is 2. The molecule has 0 saturated heterocycles. The zero-order chi connectivity index (χ0) is 17.0. The third-order valence-corrected chi connectivity index (χ3v) is 5.15. The predicted octanol–water partition coefficient (Wildman–Crippen LogP) is 4.09.